The number of amides is 1. The molecule has 2 rings (SSSR count). The van der Waals surface area contributed by atoms with Gasteiger partial charge >= 0.3 is 6.09 Å². The van der Waals surface area contributed by atoms with Gasteiger partial charge in [-0.05, 0) is 19.1 Å². The molecule has 7 heteroatoms. The number of rotatable bonds is 6. The predicted molar refractivity (Wildman–Crippen MR) is 80.6 cm³/mol. The largest absolute Gasteiger partial charge is 0.450 e. The van der Waals surface area contributed by atoms with E-state index in [2.05, 4.69) is 20.5 Å². The first kappa shape index (κ1) is 15.5. The lowest BCUT2D eigenvalue weighted by Crippen LogP contribution is -2.39. The van der Waals surface area contributed by atoms with Crippen molar-refractivity contribution in [2.45, 2.75) is 6.92 Å². The Hall–Kier alpha value is -1.86. The van der Waals surface area contributed by atoms with E-state index in [9.17, 15) is 4.79 Å². The molecule has 2 heterocycles. The quantitative estimate of drug-likeness (QED) is 0.826. The van der Waals surface area contributed by atoms with Gasteiger partial charge in [0.15, 0.2) is 0 Å². The minimum atomic E-state index is -0.465. The molecule has 0 unspecified atom stereocenters. The first-order chi connectivity index (χ1) is 10.3. The second-order valence-electron chi connectivity index (χ2n) is 4.66. The number of hydrogen-bond donors (Lipinski definition) is 2. The number of carbonyl (C=O) groups is 1. The summed E-state index contributed by atoms with van der Waals surface area (Å²) in [5.74, 6) is 0.790. The Balaban J connectivity index is 1.70. The number of nitrogens with zero attached hydrogens (tertiary/aromatic N) is 2. The second-order valence-corrected chi connectivity index (χ2v) is 4.66. The monoisotopic (exact) mass is 294 g/mol. The zero-order valence-corrected chi connectivity index (χ0v) is 12.3. The van der Waals surface area contributed by atoms with Crippen molar-refractivity contribution < 1.29 is 14.3 Å². The van der Waals surface area contributed by atoms with E-state index < -0.39 is 6.09 Å². The minimum Gasteiger partial charge on any atom is -0.450 e. The number of anilines is 2. The molecule has 1 aromatic heterocycles. The molecule has 1 aliphatic rings. The first-order valence-electron chi connectivity index (χ1n) is 7.21. The van der Waals surface area contributed by atoms with Crippen LogP contribution in [0.25, 0.3) is 0 Å². The van der Waals surface area contributed by atoms with Crippen LogP contribution in [-0.2, 0) is 9.47 Å². The van der Waals surface area contributed by atoms with Crippen LogP contribution in [0.2, 0.25) is 0 Å². The summed E-state index contributed by atoms with van der Waals surface area (Å²) in [4.78, 5) is 17.9. The molecule has 0 bridgehead atoms. The van der Waals surface area contributed by atoms with Crippen LogP contribution in [0.1, 0.15) is 6.92 Å². The van der Waals surface area contributed by atoms with Crippen LogP contribution in [0.3, 0.4) is 0 Å². The highest BCUT2D eigenvalue weighted by Gasteiger charge is 2.09. The van der Waals surface area contributed by atoms with E-state index in [1.165, 1.54) is 0 Å². The Kier molecular flexibility index (Phi) is 6.23. The molecule has 0 radical (unpaired) electrons. The normalized spacial score (nSPS) is 15.5. The van der Waals surface area contributed by atoms with Crippen LogP contribution < -0.4 is 10.6 Å². The van der Waals surface area contributed by atoms with E-state index in [1.807, 2.05) is 6.07 Å². The molecule has 0 spiro atoms. The van der Waals surface area contributed by atoms with Gasteiger partial charge in [-0.15, -0.1) is 0 Å². The summed E-state index contributed by atoms with van der Waals surface area (Å²) in [5.41, 5.74) is 0.618. The number of nitrogens with one attached hydrogen (secondary N) is 2. The van der Waals surface area contributed by atoms with Crippen LogP contribution in [-0.4, -0.2) is 62.0 Å². The molecule has 1 amide bonds. The van der Waals surface area contributed by atoms with Crippen LogP contribution >= 0.6 is 0 Å². The average molecular weight is 294 g/mol. The van der Waals surface area contributed by atoms with Gasteiger partial charge in [0.2, 0.25) is 0 Å². The summed E-state index contributed by atoms with van der Waals surface area (Å²) in [6.45, 7) is 7.50. The summed E-state index contributed by atoms with van der Waals surface area (Å²) in [7, 11) is 0. The van der Waals surface area contributed by atoms with Crippen molar-refractivity contribution in [2.75, 3.05) is 56.6 Å². The molecule has 116 valence electrons. The van der Waals surface area contributed by atoms with Gasteiger partial charge in [0.1, 0.15) is 5.82 Å². The molecule has 0 aliphatic carbocycles. The molecular formula is C14H22N4O3. The maximum Gasteiger partial charge on any atom is 0.411 e. The number of carbonyl (C=O) groups excluding carboxylic acids is 1. The molecule has 7 nitrogen and oxygen atoms in total. The first-order valence-corrected chi connectivity index (χ1v) is 7.21. The van der Waals surface area contributed by atoms with E-state index in [1.54, 1.807) is 19.2 Å². The van der Waals surface area contributed by atoms with Crippen molar-refractivity contribution in [3.63, 3.8) is 0 Å². The highest BCUT2D eigenvalue weighted by atomic mass is 16.5. The van der Waals surface area contributed by atoms with E-state index in [-0.39, 0.29) is 0 Å². The molecule has 0 aromatic carbocycles. The standard InChI is InChI=1S/C14H22N4O3/c1-2-21-14(19)17-12-3-4-13(16-11-12)15-5-6-18-7-9-20-10-8-18/h3-4,11H,2,5-10H2,1H3,(H,15,16)(H,17,19). The van der Waals surface area contributed by atoms with Crippen LogP contribution in [0.5, 0.6) is 0 Å². The molecule has 1 aliphatic heterocycles. The topological polar surface area (TPSA) is 75.7 Å². The molecule has 1 fully saturated rings. The lowest BCUT2D eigenvalue weighted by molar-refractivity contribution is 0.0398. The minimum absolute atomic E-state index is 0.348. The van der Waals surface area contributed by atoms with Gasteiger partial charge in [-0.3, -0.25) is 10.2 Å². The average Bonchev–Trinajstić information content (AvgIpc) is 2.50. The number of morpholine rings is 1. The Morgan fingerprint density at radius 2 is 2.24 bits per heavy atom. The number of pyridine rings is 1. The predicted octanol–water partition coefficient (Wildman–Crippen LogP) is 1.39. The second kappa shape index (κ2) is 8.43. The summed E-state index contributed by atoms with van der Waals surface area (Å²) in [6, 6.07) is 3.63. The fraction of sp³-hybridized carbons (Fsp3) is 0.571. The Bertz CT molecular complexity index is 432. The van der Waals surface area contributed by atoms with Gasteiger partial charge in [-0.2, -0.15) is 0 Å². The molecule has 2 N–H and O–H groups in total. The molecule has 0 atom stereocenters. The smallest absolute Gasteiger partial charge is 0.411 e. The van der Waals surface area contributed by atoms with Gasteiger partial charge < -0.3 is 14.8 Å². The van der Waals surface area contributed by atoms with Crippen LogP contribution in [0, 0.1) is 0 Å². The maximum atomic E-state index is 11.3. The summed E-state index contributed by atoms with van der Waals surface area (Å²) in [5, 5.41) is 5.86. The fourth-order valence-corrected chi connectivity index (χ4v) is 2.02. The fourth-order valence-electron chi connectivity index (χ4n) is 2.02. The van der Waals surface area contributed by atoms with E-state index in [0.717, 1.165) is 45.2 Å². The van der Waals surface area contributed by atoms with E-state index >= 15 is 0 Å². The highest BCUT2D eigenvalue weighted by molar-refractivity contribution is 5.84. The van der Waals surface area contributed by atoms with E-state index in [4.69, 9.17) is 9.47 Å². The third-order valence-corrected chi connectivity index (χ3v) is 3.12. The number of aromatic nitrogens is 1. The lowest BCUT2D eigenvalue weighted by Gasteiger charge is -2.26. The van der Waals surface area contributed by atoms with Crippen molar-refractivity contribution in [3.8, 4) is 0 Å². The van der Waals surface area contributed by atoms with Crippen molar-refractivity contribution in [2.24, 2.45) is 0 Å². The third-order valence-electron chi connectivity index (χ3n) is 3.12. The summed E-state index contributed by atoms with van der Waals surface area (Å²) < 4.78 is 10.1. The Morgan fingerprint density at radius 3 is 2.90 bits per heavy atom. The molecule has 0 saturated carbocycles. The number of ether oxygens (including phenoxy) is 2. The number of hydrogen-bond acceptors (Lipinski definition) is 6. The summed E-state index contributed by atoms with van der Waals surface area (Å²) >= 11 is 0. The third kappa shape index (κ3) is 5.57. The van der Waals surface area contributed by atoms with Gasteiger partial charge in [-0.1, -0.05) is 0 Å². The van der Waals surface area contributed by atoms with Crippen molar-refractivity contribution in [3.05, 3.63) is 18.3 Å². The van der Waals surface area contributed by atoms with Gasteiger partial charge in [-0.25, -0.2) is 9.78 Å². The molecule has 1 aromatic rings. The zero-order chi connectivity index (χ0) is 14.9. The van der Waals surface area contributed by atoms with Crippen molar-refractivity contribution >= 4 is 17.6 Å². The van der Waals surface area contributed by atoms with E-state index in [0.29, 0.717) is 12.3 Å². The Labute approximate surface area is 124 Å². The molecule has 21 heavy (non-hydrogen) atoms. The van der Waals surface area contributed by atoms with Crippen molar-refractivity contribution in [1.29, 1.82) is 0 Å². The van der Waals surface area contributed by atoms with Crippen molar-refractivity contribution in [1.82, 2.24) is 9.88 Å². The lowest BCUT2D eigenvalue weighted by atomic mass is 10.4. The summed E-state index contributed by atoms with van der Waals surface area (Å²) in [6.07, 6.45) is 1.14. The van der Waals surface area contributed by atoms with Crippen LogP contribution in [0.15, 0.2) is 18.3 Å². The molecular weight excluding hydrogens is 272 g/mol. The Morgan fingerprint density at radius 1 is 1.43 bits per heavy atom. The van der Waals surface area contributed by atoms with Gasteiger partial charge in [0.25, 0.3) is 0 Å². The maximum absolute atomic E-state index is 11.3. The highest BCUT2D eigenvalue weighted by Crippen LogP contribution is 2.09. The van der Waals surface area contributed by atoms with Gasteiger partial charge in [0, 0.05) is 26.2 Å². The zero-order valence-electron chi connectivity index (χ0n) is 12.3. The van der Waals surface area contributed by atoms with Gasteiger partial charge in [0.05, 0.1) is 31.7 Å². The molecule has 1 saturated heterocycles. The van der Waals surface area contributed by atoms with Crippen LogP contribution in [0.4, 0.5) is 16.3 Å². The SMILES string of the molecule is CCOC(=O)Nc1ccc(NCCN2CCOCC2)nc1.